The van der Waals surface area contributed by atoms with Crippen molar-refractivity contribution in [3.05, 3.63) is 35.6 Å². The Morgan fingerprint density at radius 2 is 1.88 bits per heavy atom. The zero-order valence-corrected chi connectivity index (χ0v) is 14.2. The number of likely N-dealkylation sites (N-methyl/N-ethyl adjacent to an activating group) is 1. The van der Waals surface area contributed by atoms with Crippen molar-refractivity contribution in [2.24, 2.45) is 0 Å². The van der Waals surface area contributed by atoms with Gasteiger partial charge in [0.25, 0.3) is 5.91 Å². The van der Waals surface area contributed by atoms with E-state index in [1.807, 2.05) is 0 Å². The minimum Gasteiger partial charge on any atom is -0.353 e. The first kappa shape index (κ1) is 19.9. The Labute approximate surface area is 145 Å². The van der Waals surface area contributed by atoms with Crippen LogP contribution in [-0.2, 0) is 15.1 Å². The average molecular weight is 359 g/mol. The fourth-order valence-corrected chi connectivity index (χ4v) is 2.35. The second-order valence-electron chi connectivity index (χ2n) is 5.41. The van der Waals surface area contributed by atoms with E-state index >= 15 is 0 Å². The van der Waals surface area contributed by atoms with Crippen molar-refractivity contribution in [1.82, 2.24) is 20.9 Å². The van der Waals surface area contributed by atoms with Crippen LogP contribution < -0.4 is 16.0 Å². The third kappa shape index (κ3) is 4.01. The summed E-state index contributed by atoms with van der Waals surface area (Å²) in [6, 6.07) is 4.65. The number of imide groups is 1. The molecule has 1 unspecified atom stereocenters. The molecule has 1 aliphatic rings. The number of hydrogen-bond donors (Lipinski definition) is 3. The maximum atomic E-state index is 13.0. The van der Waals surface area contributed by atoms with E-state index in [-0.39, 0.29) is 19.0 Å². The lowest BCUT2D eigenvalue weighted by Crippen LogP contribution is -2.44. The Kier molecular flexibility index (Phi) is 6.68. The zero-order chi connectivity index (χ0) is 17.0. The van der Waals surface area contributed by atoms with Crippen LogP contribution in [-0.4, -0.2) is 49.4 Å². The zero-order valence-electron chi connectivity index (χ0n) is 13.4. The molecular weight excluding hydrogens is 339 g/mol. The van der Waals surface area contributed by atoms with Crippen molar-refractivity contribution in [2.75, 3.05) is 26.7 Å². The number of carbonyl (C=O) groups excluding carboxylic acids is 3. The minimum absolute atomic E-state index is 0. The maximum Gasteiger partial charge on any atom is 0.325 e. The molecule has 0 bridgehead atoms. The molecule has 1 atom stereocenters. The summed E-state index contributed by atoms with van der Waals surface area (Å²) >= 11 is 0. The highest BCUT2D eigenvalue weighted by atomic mass is 35.5. The van der Waals surface area contributed by atoms with Crippen molar-refractivity contribution in [3.8, 4) is 0 Å². The third-order valence-corrected chi connectivity index (χ3v) is 3.70. The molecule has 9 heteroatoms. The second kappa shape index (κ2) is 8.07. The molecule has 1 saturated heterocycles. The quantitative estimate of drug-likeness (QED) is 0.505. The fourth-order valence-electron chi connectivity index (χ4n) is 2.35. The smallest absolute Gasteiger partial charge is 0.325 e. The van der Waals surface area contributed by atoms with Gasteiger partial charge in [-0.3, -0.25) is 14.5 Å². The van der Waals surface area contributed by atoms with Gasteiger partial charge in [0, 0.05) is 13.1 Å². The SMILES string of the molecule is CNCCNC(=O)CN1C(=O)NC(C)(c2ccc(F)cc2)C1=O.Cl. The van der Waals surface area contributed by atoms with Crippen molar-refractivity contribution in [1.29, 1.82) is 0 Å². The summed E-state index contributed by atoms with van der Waals surface area (Å²) in [7, 11) is 1.75. The Morgan fingerprint density at radius 3 is 2.46 bits per heavy atom. The van der Waals surface area contributed by atoms with E-state index in [9.17, 15) is 18.8 Å². The molecule has 1 fully saturated rings. The first-order chi connectivity index (χ1) is 10.9. The first-order valence-corrected chi connectivity index (χ1v) is 7.20. The molecule has 1 heterocycles. The maximum absolute atomic E-state index is 13.0. The van der Waals surface area contributed by atoms with Crippen LogP contribution in [0.5, 0.6) is 0 Å². The number of rotatable bonds is 6. The van der Waals surface area contributed by atoms with Crippen LogP contribution in [0.25, 0.3) is 0 Å². The van der Waals surface area contributed by atoms with Gasteiger partial charge in [-0.25, -0.2) is 9.18 Å². The number of nitrogens with zero attached hydrogens (tertiary/aromatic N) is 1. The van der Waals surface area contributed by atoms with Crippen LogP contribution in [0.3, 0.4) is 0 Å². The predicted octanol–water partition coefficient (Wildman–Crippen LogP) is 0.350. The molecular formula is C15H20ClFN4O3. The lowest BCUT2D eigenvalue weighted by molar-refractivity contribution is -0.134. The molecule has 0 saturated carbocycles. The molecule has 1 aliphatic heterocycles. The standard InChI is InChI=1S/C15H19FN4O3.ClH/c1-15(10-3-5-11(16)6-4-10)13(22)20(14(23)19-15)9-12(21)18-8-7-17-2;/h3-6,17H,7-9H2,1-2H3,(H,18,21)(H,19,23);1H. The molecule has 0 aromatic heterocycles. The highest BCUT2D eigenvalue weighted by molar-refractivity contribution is 6.09. The molecule has 24 heavy (non-hydrogen) atoms. The van der Waals surface area contributed by atoms with E-state index in [1.165, 1.54) is 31.2 Å². The van der Waals surface area contributed by atoms with Gasteiger partial charge in [-0.1, -0.05) is 12.1 Å². The minimum atomic E-state index is -1.31. The van der Waals surface area contributed by atoms with Gasteiger partial charge in [0.1, 0.15) is 17.9 Å². The van der Waals surface area contributed by atoms with Crippen molar-refractivity contribution < 1.29 is 18.8 Å². The lowest BCUT2D eigenvalue weighted by Gasteiger charge is -2.22. The number of halogens is 2. The van der Waals surface area contributed by atoms with E-state index in [0.717, 1.165) is 4.90 Å². The number of urea groups is 1. The predicted molar refractivity (Wildman–Crippen MR) is 88.2 cm³/mol. The Hall–Kier alpha value is -2.19. The van der Waals surface area contributed by atoms with Crippen molar-refractivity contribution in [2.45, 2.75) is 12.5 Å². The van der Waals surface area contributed by atoms with Crippen LogP contribution in [0.2, 0.25) is 0 Å². The summed E-state index contributed by atoms with van der Waals surface area (Å²) < 4.78 is 13.0. The third-order valence-electron chi connectivity index (χ3n) is 3.70. The normalized spacial score (nSPS) is 19.7. The molecule has 0 radical (unpaired) electrons. The van der Waals surface area contributed by atoms with Gasteiger partial charge >= 0.3 is 6.03 Å². The van der Waals surface area contributed by atoms with Gasteiger partial charge < -0.3 is 16.0 Å². The second-order valence-corrected chi connectivity index (χ2v) is 5.41. The molecule has 4 amide bonds. The summed E-state index contributed by atoms with van der Waals surface area (Å²) in [5.41, 5.74) is -0.855. The topological polar surface area (TPSA) is 90.5 Å². The highest BCUT2D eigenvalue weighted by Crippen LogP contribution is 2.28. The highest BCUT2D eigenvalue weighted by Gasteiger charge is 2.49. The molecule has 132 valence electrons. The Morgan fingerprint density at radius 1 is 1.25 bits per heavy atom. The Balaban J connectivity index is 0.00000288. The molecule has 2 rings (SSSR count). The summed E-state index contributed by atoms with van der Waals surface area (Å²) in [4.78, 5) is 37.2. The molecule has 0 spiro atoms. The number of amides is 4. The van der Waals surface area contributed by atoms with E-state index in [1.54, 1.807) is 7.05 Å². The van der Waals surface area contributed by atoms with Crippen LogP contribution in [0.1, 0.15) is 12.5 Å². The van der Waals surface area contributed by atoms with Gasteiger partial charge in [-0.15, -0.1) is 12.4 Å². The van der Waals surface area contributed by atoms with Gasteiger partial charge in [0.15, 0.2) is 0 Å². The van der Waals surface area contributed by atoms with Crippen LogP contribution in [0, 0.1) is 5.82 Å². The number of benzene rings is 1. The van der Waals surface area contributed by atoms with E-state index < -0.39 is 29.2 Å². The van der Waals surface area contributed by atoms with Gasteiger partial charge in [0.05, 0.1) is 0 Å². The fraction of sp³-hybridized carbons (Fsp3) is 0.400. The van der Waals surface area contributed by atoms with Gasteiger partial charge in [-0.2, -0.15) is 0 Å². The molecule has 3 N–H and O–H groups in total. The summed E-state index contributed by atoms with van der Waals surface area (Å²) in [5.74, 6) is -1.40. The summed E-state index contributed by atoms with van der Waals surface area (Å²) in [5, 5.41) is 8.03. The van der Waals surface area contributed by atoms with Crippen LogP contribution in [0.15, 0.2) is 24.3 Å². The van der Waals surface area contributed by atoms with Gasteiger partial charge in [-0.05, 0) is 31.7 Å². The molecule has 0 aliphatic carbocycles. The van der Waals surface area contributed by atoms with Crippen LogP contribution in [0.4, 0.5) is 9.18 Å². The van der Waals surface area contributed by atoms with Crippen molar-refractivity contribution >= 4 is 30.3 Å². The van der Waals surface area contributed by atoms with E-state index in [4.69, 9.17) is 0 Å². The summed E-state index contributed by atoms with van der Waals surface area (Å²) in [6.45, 7) is 2.15. The van der Waals surface area contributed by atoms with Crippen LogP contribution >= 0.6 is 12.4 Å². The largest absolute Gasteiger partial charge is 0.353 e. The Bertz CT molecular complexity index is 626. The average Bonchev–Trinajstić information content (AvgIpc) is 2.72. The monoisotopic (exact) mass is 358 g/mol. The number of carbonyl (C=O) groups is 3. The lowest BCUT2D eigenvalue weighted by atomic mass is 9.92. The molecule has 1 aromatic rings. The first-order valence-electron chi connectivity index (χ1n) is 7.20. The number of hydrogen-bond acceptors (Lipinski definition) is 4. The molecule has 7 nitrogen and oxygen atoms in total. The molecule has 1 aromatic carbocycles. The van der Waals surface area contributed by atoms with E-state index in [2.05, 4.69) is 16.0 Å². The van der Waals surface area contributed by atoms with Gasteiger partial charge in [0.2, 0.25) is 5.91 Å². The number of nitrogens with one attached hydrogen (secondary N) is 3. The van der Waals surface area contributed by atoms with Crippen molar-refractivity contribution in [3.63, 3.8) is 0 Å². The van der Waals surface area contributed by atoms with E-state index in [0.29, 0.717) is 18.7 Å². The summed E-state index contributed by atoms with van der Waals surface area (Å²) in [6.07, 6.45) is 0.